The van der Waals surface area contributed by atoms with Crippen molar-refractivity contribution in [3.8, 4) is 0 Å². The Morgan fingerprint density at radius 2 is 1.76 bits per heavy atom. The highest BCUT2D eigenvalue weighted by Gasteiger charge is 2.41. The minimum Gasteiger partial charge on any atom is -0.396 e. The van der Waals surface area contributed by atoms with Crippen molar-refractivity contribution in [3.05, 3.63) is 0 Å². The molecule has 0 saturated heterocycles. The quantitative estimate of drug-likeness (QED) is 0.488. The number of hydrogen-bond donors (Lipinski definition) is 4. The second-order valence-electron chi connectivity index (χ2n) is 4.91. The van der Waals surface area contributed by atoms with Crippen LogP contribution < -0.4 is 0 Å². The molecule has 0 aliphatic heterocycles. The monoisotopic (exact) mass is 248 g/mol. The third kappa shape index (κ3) is 3.63. The summed E-state index contributed by atoms with van der Waals surface area (Å²) in [7, 11) is 0. The van der Waals surface area contributed by atoms with Crippen molar-refractivity contribution >= 4 is 0 Å². The van der Waals surface area contributed by atoms with Crippen molar-refractivity contribution in [1.29, 1.82) is 0 Å². The number of aliphatic hydroxyl groups excluding tert-OH is 4. The Bertz CT molecular complexity index is 201. The van der Waals surface area contributed by atoms with Gasteiger partial charge in [0.1, 0.15) is 0 Å². The predicted octanol–water partition coefficient (Wildman–Crippen LogP) is -0.483. The summed E-state index contributed by atoms with van der Waals surface area (Å²) < 4.78 is 5.42. The zero-order valence-electron chi connectivity index (χ0n) is 10.2. The van der Waals surface area contributed by atoms with E-state index in [2.05, 4.69) is 0 Å². The summed E-state index contributed by atoms with van der Waals surface area (Å²) in [6.07, 6.45) is 2.74. The molecule has 0 bridgehead atoms. The van der Waals surface area contributed by atoms with E-state index in [9.17, 15) is 10.2 Å². The maximum atomic E-state index is 9.59. The molecule has 17 heavy (non-hydrogen) atoms. The maximum absolute atomic E-state index is 9.59. The molecule has 0 heterocycles. The smallest absolute Gasteiger partial charge is 0.0884 e. The van der Waals surface area contributed by atoms with Gasteiger partial charge in [-0.3, -0.25) is 0 Å². The van der Waals surface area contributed by atoms with Gasteiger partial charge in [-0.1, -0.05) is 0 Å². The lowest BCUT2D eigenvalue weighted by Gasteiger charge is -2.43. The van der Waals surface area contributed by atoms with Gasteiger partial charge in [-0.25, -0.2) is 0 Å². The highest BCUT2D eigenvalue weighted by molar-refractivity contribution is 4.91. The molecule has 102 valence electrons. The Hall–Kier alpha value is -0.200. The lowest BCUT2D eigenvalue weighted by Crippen LogP contribution is -2.46. The largest absolute Gasteiger partial charge is 0.396 e. The molecule has 4 N–H and O–H groups in total. The molecule has 1 aliphatic rings. The Balaban J connectivity index is 2.60. The van der Waals surface area contributed by atoms with Crippen LogP contribution in [-0.4, -0.2) is 59.6 Å². The molecule has 0 aromatic heterocycles. The summed E-state index contributed by atoms with van der Waals surface area (Å²) in [5.41, 5.74) is -0.421. The lowest BCUT2D eigenvalue weighted by molar-refractivity contribution is -0.117. The van der Waals surface area contributed by atoms with Crippen molar-refractivity contribution in [2.45, 2.75) is 31.8 Å². The van der Waals surface area contributed by atoms with Gasteiger partial charge in [-0.05, 0) is 31.6 Å². The Kier molecular flexibility index (Phi) is 6.37. The van der Waals surface area contributed by atoms with Crippen LogP contribution in [0.4, 0.5) is 0 Å². The van der Waals surface area contributed by atoms with E-state index in [1.165, 1.54) is 0 Å². The van der Waals surface area contributed by atoms with Gasteiger partial charge in [0, 0.05) is 12.0 Å². The molecule has 0 radical (unpaired) electrons. The first kappa shape index (κ1) is 14.9. The molecule has 0 aromatic carbocycles. The van der Waals surface area contributed by atoms with Gasteiger partial charge in [0.25, 0.3) is 0 Å². The molecule has 0 aromatic rings. The number of ether oxygens (including phenoxy) is 1. The van der Waals surface area contributed by atoms with E-state index in [-0.39, 0.29) is 33.0 Å². The van der Waals surface area contributed by atoms with E-state index < -0.39 is 11.5 Å². The van der Waals surface area contributed by atoms with E-state index in [1.54, 1.807) is 0 Å². The lowest BCUT2D eigenvalue weighted by atomic mass is 9.68. The van der Waals surface area contributed by atoms with Crippen molar-refractivity contribution in [2.75, 3.05) is 33.0 Å². The second-order valence-corrected chi connectivity index (χ2v) is 4.91. The fraction of sp³-hybridized carbons (Fsp3) is 1.00. The molecule has 1 rings (SSSR count). The summed E-state index contributed by atoms with van der Waals surface area (Å²) in [4.78, 5) is 0. The van der Waals surface area contributed by atoms with Crippen LogP contribution in [0, 0.1) is 11.3 Å². The maximum Gasteiger partial charge on any atom is 0.0884 e. The summed E-state index contributed by atoms with van der Waals surface area (Å²) >= 11 is 0. The summed E-state index contributed by atoms with van der Waals surface area (Å²) in [5.74, 6) is 0.298. The van der Waals surface area contributed by atoms with Gasteiger partial charge >= 0.3 is 0 Å². The van der Waals surface area contributed by atoms with E-state index in [0.29, 0.717) is 5.92 Å². The molecule has 0 spiro atoms. The first-order valence-corrected chi connectivity index (χ1v) is 6.27. The molecule has 5 heteroatoms. The van der Waals surface area contributed by atoms with Crippen LogP contribution >= 0.6 is 0 Å². The molecule has 1 unspecified atom stereocenters. The summed E-state index contributed by atoms with van der Waals surface area (Å²) in [6.45, 7) is 0.0998. The van der Waals surface area contributed by atoms with Gasteiger partial charge in [0.2, 0.25) is 0 Å². The van der Waals surface area contributed by atoms with E-state index >= 15 is 0 Å². The normalized spacial score (nSPS) is 31.4. The molecular weight excluding hydrogens is 224 g/mol. The third-order valence-corrected chi connectivity index (χ3v) is 3.93. The first-order valence-electron chi connectivity index (χ1n) is 6.27. The van der Waals surface area contributed by atoms with Crippen LogP contribution in [-0.2, 0) is 4.74 Å². The summed E-state index contributed by atoms with van der Waals surface area (Å²) in [6, 6.07) is 0. The van der Waals surface area contributed by atoms with Crippen LogP contribution in [0.1, 0.15) is 25.7 Å². The molecule has 0 amide bonds. The van der Waals surface area contributed by atoms with Crippen LogP contribution in [0.25, 0.3) is 0 Å². The zero-order chi connectivity index (χ0) is 12.7. The van der Waals surface area contributed by atoms with E-state index in [1.807, 2.05) is 0 Å². The standard InChI is InChI=1S/C12H24O5/c13-5-6-17-11(8-15)12(9-16)3-1-10(7-14)2-4-12/h10-11,13-16H,1-9H2. The van der Waals surface area contributed by atoms with E-state index in [4.69, 9.17) is 14.9 Å². The van der Waals surface area contributed by atoms with Crippen molar-refractivity contribution in [1.82, 2.24) is 0 Å². The SMILES string of the molecule is OCCOC(CO)C1(CO)CCC(CO)CC1. The molecule has 1 aliphatic carbocycles. The van der Waals surface area contributed by atoms with Crippen molar-refractivity contribution in [3.63, 3.8) is 0 Å². The minimum atomic E-state index is -0.431. The van der Waals surface area contributed by atoms with Crippen molar-refractivity contribution < 1.29 is 25.2 Å². The number of hydrogen-bond acceptors (Lipinski definition) is 5. The zero-order valence-corrected chi connectivity index (χ0v) is 10.2. The van der Waals surface area contributed by atoms with Gasteiger partial charge in [-0.15, -0.1) is 0 Å². The molecule has 5 nitrogen and oxygen atoms in total. The van der Waals surface area contributed by atoms with Gasteiger partial charge in [0.05, 0.1) is 32.5 Å². The molecule has 1 fully saturated rings. The van der Waals surface area contributed by atoms with Crippen LogP contribution in [0.5, 0.6) is 0 Å². The fourth-order valence-electron chi connectivity index (χ4n) is 2.64. The van der Waals surface area contributed by atoms with E-state index in [0.717, 1.165) is 25.7 Å². The predicted molar refractivity (Wildman–Crippen MR) is 62.5 cm³/mol. The molecular formula is C12H24O5. The van der Waals surface area contributed by atoms with Crippen LogP contribution in [0.15, 0.2) is 0 Å². The van der Waals surface area contributed by atoms with Gasteiger partial charge < -0.3 is 25.2 Å². The Labute approximate surface area is 102 Å². The average Bonchev–Trinajstić information content (AvgIpc) is 2.40. The highest BCUT2D eigenvalue weighted by atomic mass is 16.5. The Morgan fingerprint density at radius 1 is 1.12 bits per heavy atom. The topological polar surface area (TPSA) is 90.2 Å². The van der Waals surface area contributed by atoms with Crippen LogP contribution in [0.3, 0.4) is 0 Å². The fourth-order valence-corrected chi connectivity index (χ4v) is 2.64. The van der Waals surface area contributed by atoms with Gasteiger partial charge in [0.15, 0.2) is 0 Å². The summed E-state index contributed by atoms with van der Waals surface area (Å²) in [5, 5.41) is 36.8. The Morgan fingerprint density at radius 3 is 2.18 bits per heavy atom. The molecule has 1 saturated carbocycles. The minimum absolute atomic E-state index is 0.0260. The second kappa shape index (κ2) is 7.28. The third-order valence-electron chi connectivity index (χ3n) is 3.93. The molecule has 1 atom stereocenters. The first-order chi connectivity index (χ1) is 8.22. The number of rotatable bonds is 7. The average molecular weight is 248 g/mol. The van der Waals surface area contributed by atoms with Crippen molar-refractivity contribution in [2.24, 2.45) is 11.3 Å². The highest BCUT2D eigenvalue weighted by Crippen LogP contribution is 2.42. The van der Waals surface area contributed by atoms with Gasteiger partial charge in [-0.2, -0.15) is 0 Å². The van der Waals surface area contributed by atoms with Crippen LogP contribution in [0.2, 0.25) is 0 Å². The number of aliphatic hydroxyl groups is 4.